The Labute approximate surface area is 240 Å². The Morgan fingerprint density at radius 1 is 1.10 bits per heavy atom. The van der Waals surface area contributed by atoms with Gasteiger partial charge in [0.25, 0.3) is 5.91 Å². The fourth-order valence-electron chi connectivity index (χ4n) is 6.19. The minimum absolute atomic E-state index is 0.103. The third-order valence-electron chi connectivity index (χ3n) is 7.93. The van der Waals surface area contributed by atoms with Gasteiger partial charge in [0.1, 0.15) is 17.7 Å². The Bertz CT molecular complexity index is 1630. The molecule has 3 aromatic heterocycles. The van der Waals surface area contributed by atoms with Crippen LogP contribution in [-0.2, 0) is 0 Å². The number of aryl methyl sites for hydroxylation is 2. The average Bonchev–Trinajstić information content (AvgIpc) is 3.56. The molecular weight excluding hydrogens is 522 g/mol. The topological polar surface area (TPSA) is 80.4 Å². The molecule has 0 spiro atoms. The van der Waals surface area contributed by atoms with E-state index in [1.54, 1.807) is 0 Å². The van der Waals surface area contributed by atoms with Gasteiger partial charge in [-0.15, -0.1) is 10.2 Å². The number of carbonyl (C=O) groups is 1. The van der Waals surface area contributed by atoms with Crippen LogP contribution in [-0.4, -0.2) is 42.6 Å². The second-order valence-corrected chi connectivity index (χ2v) is 12.2. The van der Waals surface area contributed by atoms with Crippen molar-refractivity contribution in [2.24, 2.45) is 5.92 Å². The lowest BCUT2D eigenvalue weighted by molar-refractivity contribution is 0.0989. The second-order valence-electron chi connectivity index (χ2n) is 11.7. The molecule has 2 unspecified atom stereocenters. The Balaban J connectivity index is 1.55. The van der Waals surface area contributed by atoms with Gasteiger partial charge in [-0.05, 0) is 87.9 Å². The summed E-state index contributed by atoms with van der Waals surface area (Å²) < 4.78 is 4.23. The number of benzene rings is 1. The van der Waals surface area contributed by atoms with Gasteiger partial charge in [-0.25, -0.2) is 4.98 Å². The molecule has 8 nitrogen and oxygen atoms in total. The quantitative estimate of drug-likeness (QED) is 0.300. The Kier molecular flexibility index (Phi) is 6.79. The van der Waals surface area contributed by atoms with Crippen LogP contribution in [0.2, 0.25) is 5.02 Å². The lowest BCUT2D eigenvalue weighted by atomic mass is 9.96. The van der Waals surface area contributed by atoms with Crippen molar-refractivity contribution < 1.29 is 4.79 Å². The van der Waals surface area contributed by atoms with Crippen LogP contribution < -0.4 is 10.2 Å². The highest BCUT2D eigenvalue weighted by Crippen LogP contribution is 2.45. The van der Waals surface area contributed by atoms with Crippen molar-refractivity contribution in [2.75, 3.05) is 11.4 Å². The van der Waals surface area contributed by atoms with Gasteiger partial charge in [-0.1, -0.05) is 43.7 Å². The number of nitrogens with zero attached hydrogens (tertiary/aromatic N) is 6. The summed E-state index contributed by atoms with van der Waals surface area (Å²) in [5.74, 6) is 2.16. The van der Waals surface area contributed by atoms with Gasteiger partial charge in [-0.3, -0.25) is 14.1 Å². The minimum atomic E-state index is -0.356. The molecule has 9 heteroatoms. The predicted octanol–water partition coefficient (Wildman–Crippen LogP) is 6.32. The first-order valence-corrected chi connectivity index (χ1v) is 14.5. The zero-order valence-corrected chi connectivity index (χ0v) is 24.7. The number of anilines is 1. The molecule has 6 rings (SSSR count). The number of hydrogen-bond donors (Lipinski definition) is 1. The number of amides is 1. The van der Waals surface area contributed by atoms with Crippen LogP contribution in [0, 0.1) is 19.8 Å². The highest BCUT2D eigenvalue weighted by Gasteiger charge is 2.45. The zero-order valence-electron chi connectivity index (χ0n) is 23.9. The molecule has 2 atom stereocenters. The van der Waals surface area contributed by atoms with Crippen LogP contribution in [0.15, 0.2) is 42.6 Å². The molecule has 1 amide bonds. The van der Waals surface area contributed by atoms with E-state index in [9.17, 15) is 4.79 Å². The first-order chi connectivity index (χ1) is 19.1. The lowest BCUT2D eigenvalue weighted by Gasteiger charge is -2.30. The summed E-state index contributed by atoms with van der Waals surface area (Å²) in [7, 11) is 0. The van der Waals surface area contributed by atoms with Crippen LogP contribution in [0.3, 0.4) is 0 Å². The standard InChI is InChI=1S/C31H36ClN7O/c1-17(2)13-24-15-22(11-12-33-24)30-34-26-28(38(30)18(3)4)27(21-7-9-23(32)10-8-21)39(31(26)40)25-14-19(5)29-36-35-20(6)37(29)16-25/h7-10,14-18,24,27,33H,11-13H2,1-6H3. The molecule has 4 aromatic rings. The molecule has 0 saturated carbocycles. The van der Waals surface area contributed by atoms with E-state index in [4.69, 9.17) is 16.6 Å². The highest BCUT2D eigenvalue weighted by molar-refractivity contribution is 6.30. The smallest absolute Gasteiger partial charge is 0.279 e. The molecule has 0 radical (unpaired) electrons. The minimum Gasteiger partial charge on any atom is -0.323 e. The van der Waals surface area contributed by atoms with E-state index in [2.05, 4.69) is 53.9 Å². The maximum atomic E-state index is 14.4. The number of halogens is 1. The van der Waals surface area contributed by atoms with Gasteiger partial charge in [0.15, 0.2) is 11.3 Å². The molecule has 2 aliphatic heterocycles. The Morgan fingerprint density at radius 2 is 1.85 bits per heavy atom. The third kappa shape index (κ3) is 4.43. The van der Waals surface area contributed by atoms with Crippen LogP contribution in [0.1, 0.15) is 91.6 Å². The number of rotatable bonds is 6. The van der Waals surface area contributed by atoms with Gasteiger partial charge >= 0.3 is 0 Å². The van der Waals surface area contributed by atoms with Gasteiger partial charge in [0.2, 0.25) is 0 Å². The van der Waals surface area contributed by atoms with Gasteiger partial charge < -0.3 is 9.88 Å². The molecule has 2 aliphatic rings. The summed E-state index contributed by atoms with van der Waals surface area (Å²) in [6, 6.07) is 9.87. The molecule has 5 heterocycles. The molecule has 208 valence electrons. The van der Waals surface area contributed by atoms with E-state index >= 15 is 0 Å². The molecule has 1 N–H and O–H groups in total. The predicted molar refractivity (Wildman–Crippen MR) is 159 cm³/mol. The van der Waals surface area contributed by atoms with E-state index in [1.807, 2.05) is 59.7 Å². The summed E-state index contributed by atoms with van der Waals surface area (Å²) in [5, 5.41) is 12.9. The molecular formula is C31H36ClN7O. The van der Waals surface area contributed by atoms with E-state index in [0.29, 0.717) is 22.7 Å². The maximum Gasteiger partial charge on any atom is 0.279 e. The number of nitrogens with one attached hydrogen (secondary N) is 1. The third-order valence-corrected chi connectivity index (χ3v) is 8.18. The molecule has 1 aromatic carbocycles. The van der Waals surface area contributed by atoms with Gasteiger partial charge in [-0.2, -0.15) is 0 Å². The van der Waals surface area contributed by atoms with Crippen molar-refractivity contribution in [3.05, 3.63) is 81.8 Å². The fraction of sp³-hybridized carbons (Fsp3) is 0.419. The second kappa shape index (κ2) is 10.2. The Morgan fingerprint density at radius 3 is 2.55 bits per heavy atom. The number of fused-ring (bicyclic) bond motifs is 2. The van der Waals surface area contributed by atoms with E-state index < -0.39 is 0 Å². The van der Waals surface area contributed by atoms with Crippen LogP contribution >= 0.6 is 11.6 Å². The van der Waals surface area contributed by atoms with Crippen LogP contribution in [0.5, 0.6) is 0 Å². The number of hydrogen-bond acceptors (Lipinski definition) is 5. The zero-order chi connectivity index (χ0) is 28.3. The number of aromatic nitrogens is 5. The Hall–Kier alpha value is -3.49. The van der Waals surface area contributed by atoms with Crippen LogP contribution in [0.4, 0.5) is 5.69 Å². The van der Waals surface area contributed by atoms with Crippen molar-refractivity contribution in [3.8, 4) is 0 Å². The van der Waals surface area contributed by atoms with Crippen molar-refractivity contribution in [1.29, 1.82) is 0 Å². The van der Waals surface area contributed by atoms with Crippen molar-refractivity contribution in [1.82, 2.24) is 29.5 Å². The van der Waals surface area contributed by atoms with Crippen molar-refractivity contribution in [3.63, 3.8) is 0 Å². The molecule has 0 fully saturated rings. The summed E-state index contributed by atoms with van der Waals surface area (Å²) in [6.45, 7) is 13.6. The number of imidazole rings is 1. The van der Waals surface area contributed by atoms with E-state index in [0.717, 1.165) is 59.2 Å². The van der Waals surface area contributed by atoms with Gasteiger partial charge in [0.05, 0.1) is 11.4 Å². The van der Waals surface area contributed by atoms with Crippen molar-refractivity contribution in [2.45, 2.75) is 72.5 Å². The SMILES string of the molecule is Cc1cc(N2C(=O)c3nc(C4=CC(CC(C)C)NCC4)n(C(C)C)c3C2c2ccc(Cl)cc2)cn2c(C)nnc12. The summed E-state index contributed by atoms with van der Waals surface area (Å²) in [6.07, 6.45) is 6.22. The molecule has 0 aliphatic carbocycles. The van der Waals surface area contributed by atoms with Gasteiger partial charge in [0, 0.05) is 23.3 Å². The summed E-state index contributed by atoms with van der Waals surface area (Å²) >= 11 is 6.30. The molecule has 0 saturated heterocycles. The van der Waals surface area contributed by atoms with E-state index in [-0.39, 0.29) is 18.0 Å². The first-order valence-electron chi connectivity index (χ1n) is 14.1. The highest BCUT2D eigenvalue weighted by atomic mass is 35.5. The first kappa shape index (κ1) is 26.7. The molecule has 0 bridgehead atoms. The largest absolute Gasteiger partial charge is 0.323 e. The lowest BCUT2D eigenvalue weighted by Crippen LogP contribution is -2.34. The van der Waals surface area contributed by atoms with Crippen molar-refractivity contribution >= 4 is 34.4 Å². The monoisotopic (exact) mass is 557 g/mol. The summed E-state index contributed by atoms with van der Waals surface area (Å²) in [5.41, 5.74) is 6.16. The number of pyridine rings is 1. The fourth-order valence-corrected chi connectivity index (χ4v) is 6.31. The van der Waals surface area contributed by atoms with Crippen LogP contribution in [0.25, 0.3) is 11.2 Å². The number of carbonyl (C=O) groups excluding carboxylic acids is 1. The summed E-state index contributed by atoms with van der Waals surface area (Å²) in [4.78, 5) is 21.3. The molecule has 40 heavy (non-hydrogen) atoms. The normalized spacial score (nSPS) is 19.3. The maximum absolute atomic E-state index is 14.4. The van der Waals surface area contributed by atoms with E-state index in [1.165, 1.54) is 5.57 Å². The average molecular weight is 558 g/mol.